The van der Waals surface area contributed by atoms with Crippen LogP contribution in [0.1, 0.15) is 51.3 Å². The number of ether oxygens (including phenoxy) is 2. The van der Waals surface area contributed by atoms with E-state index in [0.717, 1.165) is 10.5 Å². The SMILES string of the molecule is C=C(S)N(C[C@H](OCCC(=O)NOCc1ccccc1)c1cc(F)ccc1OC)C(=O)NC(C)(C)C(=O)NC(C)C. The van der Waals surface area contributed by atoms with Crippen LogP contribution in [0, 0.1) is 5.82 Å². The molecular weight excluding hydrogens is 551 g/mol. The number of nitrogens with one attached hydrogen (secondary N) is 3. The van der Waals surface area contributed by atoms with Gasteiger partial charge in [0.15, 0.2) is 0 Å². The Kier molecular flexibility index (Phi) is 13.1. The van der Waals surface area contributed by atoms with Crippen molar-refractivity contribution in [2.75, 3.05) is 20.3 Å². The zero-order chi connectivity index (χ0) is 30.6. The third-order valence-corrected chi connectivity index (χ3v) is 6.01. The molecule has 4 amide bonds. The van der Waals surface area contributed by atoms with E-state index in [9.17, 15) is 18.8 Å². The van der Waals surface area contributed by atoms with E-state index in [-0.39, 0.29) is 43.2 Å². The van der Waals surface area contributed by atoms with E-state index in [4.69, 9.17) is 14.3 Å². The molecule has 0 heterocycles. The minimum atomic E-state index is -1.27. The van der Waals surface area contributed by atoms with E-state index in [1.807, 2.05) is 44.2 Å². The summed E-state index contributed by atoms with van der Waals surface area (Å²) in [5.74, 6) is -1.05. The molecule has 2 aromatic carbocycles. The molecule has 2 aromatic rings. The molecule has 0 aromatic heterocycles. The van der Waals surface area contributed by atoms with Gasteiger partial charge in [-0.1, -0.05) is 36.9 Å². The number of methoxy groups -OCH3 is 1. The number of hydrogen-bond acceptors (Lipinski definition) is 7. The molecule has 0 spiro atoms. The zero-order valence-corrected chi connectivity index (χ0v) is 24.9. The smallest absolute Gasteiger partial charge is 0.323 e. The molecular formula is C29H39FN4O6S. The molecule has 1 atom stereocenters. The highest BCUT2D eigenvalue weighted by Crippen LogP contribution is 2.30. The summed E-state index contributed by atoms with van der Waals surface area (Å²) >= 11 is 4.27. The second-order valence-electron chi connectivity index (χ2n) is 10.0. The monoisotopic (exact) mass is 590 g/mol. The molecule has 0 unspecified atom stereocenters. The molecule has 0 radical (unpaired) electrons. The summed E-state index contributed by atoms with van der Waals surface area (Å²) in [4.78, 5) is 44.6. The lowest BCUT2D eigenvalue weighted by atomic mass is 10.0. The first-order valence-corrected chi connectivity index (χ1v) is 13.5. The van der Waals surface area contributed by atoms with Crippen LogP contribution in [0.4, 0.5) is 9.18 Å². The summed E-state index contributed by atoms with van der Waals surface area (Å²) in [6.07, 6.45) is -1.04. The van der Waals surface area contributed by atoms with Crippen molar-refractivity contribution in [3.63, 3.8) is 0 Å². The number of rotatable bonds is 15. The number of hydrogen-bond donors (Lipinski definition) is 4. The van der Waals surface area contributed by atoms with Crippen molar-refractivity contribution in [1.29, 1.82) is 0 Å². The first kappa shape index (κ1) is 33.6. The maximum Gasteiger partial charge on any atom is 0.323 e. The summed E-state index contributed by atoms with van der Waals surface area (Å²) in [7, 11) is 1.42. The van der Waals surface area contributed by atoms with Gasteiger partial charge in [0.1, 0.15) is 23.2 Å². The van der Waals surface area contributed by atoms with Gasteiger partial charge in [-0.3, -0.25) is 19.3 Å². The molecule has 2 rings (SSSR count). The largest absolute Gasteiger partial charge is 0.496 e. The van der Waals surface area contributed by atoms with Crippen LogP contribution < -0.4 is 20.9 Å². The Hall–Kier alpha value is -3.61. The van der Waals surface area contributed by atoms with Crippen molar-refractivity contribution in [2.45, 2.75) is 58.4 Å². The second-order valence-corrected chi connectivity index (χ2v) is 10.5. The molecule has 3 N–H and O–H groups in total. The highest BCUT2D eigenvalue weighted by Gasteiger charge is 2.33. The number of urea groups is 1. The van der Waals surface area contributed by atoms with Gasteiger partial charge in [-0.15, -0.1) is 12.6 Å². The van der Waals surface area contributed by atoms with Crippen LogP contribution in [0.2, 0.25) is 0 Å². The van der Waals surface area contributed by atoms with Gasteiger partial charge in [0.05, 0.1) is 38.3 Å². The molecule has 0 aliphatic carbocycles. The Morgan fingerprint density at radius 3 is 2.41 bits per heavy atom. The van der Waals surface area contributed by atoms with Crippen molar-refractivity contribution >= 4 is 30.5 Å². The second kappa shape index (κ2) is 16.0. The van der Waals surface area contributed by atoms with Crippen molar-refractivity contribution < 1.29 is 33.1 Å². The standard InChI is InChI=1S/C29H39FN4O6S/c1-19(2)31-27(36)29(4,5)32-28(37)34(20(3)41)17-25(23-16-22(30)12-13-24(23)38-6)39-15-14-26(35)33-40-18-21-10-8-7-9-11-21/h7-13,16,19,25,41H,3,14-15,17-18H2,1-2,4-6H3,(H,31,36)(H,32,37)(H,33,35)/t25-/m0/s1. The highest BCUT2D eigenvalue weighted by atomic mass is 32.1. The number of nitrogens with zero attached hydrogens (tertiary/aromatic N) is 1. The molecule has 0 saturated carbocycles. The molecule has 224 valence electrons. The first-order chi connectivity index (χ1) is 19.3. The average molecular weight is 591 g/mol. The fraction of sp³-hybridized carbons (Fsp3) is 0.414. The zero-order valence-electron chi connectivity index (χ0n) is 24.0. The van der Waals surface area contributed by atoms with E-state index in [1.54, 1.807) is 13.8 Å². The predicted octanol–water partition coefficient (Wildman–Crippen LogP) is 4.25. The molecule has 12 heteroatoms. The Balaban J connectivity index is 2.15. The van der Waals surface area contributed by atoms with Gasteiger partial charge in [-0.05, 0) is 51.5 Å². The number of carbonyl (C=O) groups excluding carboxylic acids is 3. The van der Waals surface area contributed by atoms with Crippen LogP contribution in [-0.2, 0) is 25.8 Å². The molecule has 0 aliphatic heterocycles. The fourth-order valence-electron chi connectivity index (χ4n) is 3.62. The first-order valence-electron chi connectivity index (χ1n) is 13.0. The van der Waals surface area contributed by atoms with Gasteiger partial charge >= 0.3 is 6.03 Å². The Morgan fingerprint density at radius 1 is 1.12 bits per heavy atom. The van der Waals surface area contributed by atoms with Crippen molar-refractivity contribution in [1.82, 2.24) is 21.0 Å². The molecule has 0 bridgehead atoms. The van der Waals surface area contributed by atoms with Crippen molar-refractivity contribution in [3.8, 4) is 5.75 Å². The lowest BCUT2D eigenvalue weighted by Crippen LogP contribution is -2.58. The Labute approximate surface area is 246 Å². The third-order valence-electron chi connectivity index (χ3n) is 5.77. The van der Waals surface area contributed by atoms with Gasteiger partial charge in [-0.25, -0.2) is 14.7 Å². The van der Waals surface area contributed by atoms with E-state index in [1.165, 1.54) is 25.3 Å². The quantitative estimate of drug-likeness (QED) is 0.182. The summed E-state index contributed by atoms with van der Waals surface area (Å²) in [5.41, 5.74) is 2.28. The van der Waals surface area contributed by atoms with Gasteiger partial charge in [0.2, 0.25) is 11.8 Å². The van der Waals surface area contributed by atoms with E-state index >= 15 is 0 Å². The van der Waals surface area contributed by atoms with Gasteiger partial charge in [0.25, 0.3) is 0 Å². The summed E-state index contributed by atoms with van der Waals surface area (Å²) < 4.78 is 25.7. The predicted molar refractivity (Wildman–Crippen MR) is 156 cm³/mol. The third kappa shape index (κ3) is 11.1. The Morgan fingerprint density at radius 2 is 1.80 bits per heavy atom. The van der Waals surface area contributed by atoms with E-state index in [0.29, 0.717) is 11.3 Å². The minimum absolute atomic E-state index is 0.0543. The number of carbonyl (C=O) groups is 3. The maximum absolute atomic E-state index is 14.3. The van der Waals surface area contributed by atoms with Crippen molar-refractivity contribution in [2.24, 2.45) is 0 Å². The van der Waals surface area contributed by atoms with Gasteiger partial charge in [-0.2, -0.15) is 0 Å². The topological polar surface area (TPSA) is 118 Å². The van der Waals surface area contributed by atoms with E-state index in [2.05, 4.69) is 35.3 Å². The summed E-state index contributed by atoms with van der Waals surface area (Å²) in [6, 6.07) is 12.4. The number of halogens is 1. The molecule has 0 saturated heterocycles. The highest BCUT2D eigenvalue weighted by molar-refractivity contribution is 7.84. The lowest BCUT2D eigenvalue weighted by molar-refractivity contribution is -0.136. The van der Waals surface area contributed by atoms with E-state index < -0.39 is 29.4 Å². The number of amides is 4. The minimum Gasteiger partial charge on any atom is -0.496 e. The number of thiol groups is 1. The fourth-order valence-corrected chi connectivity index (χ4v) is 3.79. The summed E-state index contributed by atoms with van der Waals surface area (Å²) in [5, 5.41) is 5.49. The number of hydroxylamine groups is 1. The lowest BCUT2D eigenvalue weighted by Gasteiger charge is -2.32. The van der Waals surface area contributed by atoms with Gasteiger partial charge in [0, 0.05) is 11.6 Å². The Bertz CT molecular complexity index is 1200. The van der Waals surface area contributed by atoms with Crippen LogP contribution in [0.3, 0.4) is 0 Å². The molecule has 41 heavy (non-hydrogen) atoms. The van der Waals surface area contributed by atoms with Gasteiger partial charge < -0.3 is 20.1 Å². The molecule has 0 fully saturated rings. The number of benzene rings is 2. The average Bonchev–Trinajstić information content (AvgIpc) is 2.90. The molecule has 0 aliphatic rings. The van der Waals surface area contributed by atoms with Crippen molar-refractivity contribution in [3.05, 3.63) is 77.1 Å². The van der Waals surface area contributed by atoms with Crippen LogP contribution in [0.5, 0.6) is 5.75 Å². The summed E-state index contributed by atoms with van der Waals surface area (Å²) in [6.45, 7) is 10.4. The van der Waals surface area contributed by atoms with Crippen LogP contribution in [0.15, 0.2) is 60.1 Å². The molecule has 10 nitrogen and oxygen atoms in total. The maximum atomic E-state index is 14.3. The van der Waals surface area contributed by atoms with Crippen LogP contribution >= 0.6 is 12.6 Å². The van der Waals surface area contributed by atoms with Crippen LogP contribution in [0.25, 0.3) is 0 Å². The normalized spacial score (nSPS) is 11.9. The van der Waals surface area contributed by atoms with Crippen LogP contribution in [-0.4, -0.2) is 54.6 Å².